The van der Waals surface area contributed by atoms with Crippen molar-refractivity contribution in [3.05, 3.63) is 29.3 Å². The minimum Gasteiger partial charge on any atom is -0.508 e. The van der Waals surface area contributed by atoms with Crippen molar-refractivity contribution in [2.45, 2.75) is 26.0 Å². The molecule has 0 spiro atoms. The Hall–Kier alpha value is -1.10. The Morgan fingerprint density at radius 1 is 1.38 bits per heavy atom. The molecule has 0 aliphatic rings. The van der Waals surface area contributed by atoms with Crippen LogP contribution in [0.1, 0.15) is 24.1 Å². The van der Waals surface area contributed by atoms with Crippen molar-refractivity contribution in [2.24, 2.45) is 0 Å². The summed E-state index contributed by atoms with van der Waals surface area (Å²) in [6.07, 6.45) is -0.769. The molecular formula is C12H19NO3. The standard InChI is InChI=1S/C12H19NO3/c1-8-3-4-12(16)11(5-8)9(2)13-6-10(15)7-14/h3-5,9-10,13-16H,6-7H2,1-2H3. The van der Waals surface area contributed by atoms with E-state index in [0.29, 0.717) is 6.54 Å². The van der Waals surface area contributed by atoms with E-state index in [1.807, 2.05) is 26.0 Å². The van der Waals surface area contributed by atoms with Gasteiger partial charge in [-0.3, -0.25) is 0 Å². The average Bonchev–Trinajstić information content (AvgIpc) is 2.28. The molecule has 1 aromatic rings. The molecule has 0 bridgehead atoms. The van der Waals surface area contributed by atoms with Crippen LogP contribution in [-0.2, 0) is 0 Å². The van der Waals surface area contributed by atoms with Crippen LogP contribution in [0.4, 0.5) is 0 Å². The fourth-order valence-corrected chi connectivity index (χ4v) is 1.51. The Balaban J connectivity index is 2.65. The van der Waals surface area contributed by atoms with Crippen LogP contribution in [0.15, 0.2) is 18.2 Å². The molecule has 1 rings (SSSR count). The zero-order chi connectivity index (χ0) is 12.1. The molecule has 0 fully saturated rings. The molecule has 4 N–H and O–H groups in total. The highest BCUT2D eigenvalue weighted by molar-refractivity contribution is 5.37. The van der Waals surface area contributed by atoms with E-state index in [4.69, 9.17) is 5.11 Å². The highest BCUT2D eigenvalue weighted by Crippen LogP contribution is 2.24. The zero-order valence-electron chi connectivity index (χ0n) is 9.64. The van der Waals surface area contributed by atoms with Gasteiger partial charge in [0.05, 0.1) is 12.7 Å². The molecule has 0 heterocycles. The summed E-state index contributed by atoms with van der Waals surface area (Å²) in [5.74, 6) is 0.240. The summed E-state index contributed by atoms with van der Waals surface area (Å²) in [5, 5.41) is 30.6. The van der Waals surface area contributed by atoms with E-state index in [0.717, 1.165) is 11.1 Å². The maximum absolute atomic E-state index is 9.68. The van der Waals surface area contributed by atoms with Gasteiger partial charge in [0.15, 0.2) is 0 Å². The number of benzene rings is 1. The predicted molar refractivity (Wildman–Crippen MR) is 62.4 cm³/mol. The average molecular weight is 225 g/mol. The highest BCUT2D eigenvalue weighted by atomic mass is 16.3. The summed E-state index contributed by atoms with van der Waals surface area (Å²) in [5.41, 5.74) is 1.87. The topological polar surface area (TPSA) is 72.7 Å². The Labute approximate surface area is 95.6 Å². The molecule has 1 aromatic carbocycles. The number of phenols is 1. The van der Waals surface area contributed by atoms with Gasteiger partial charge in [-0.15, -0.1) is 0 Å². The number of nitrogens with one attached hydrogen (secondary N) is 1. The van der Waals surface area contributed by atoms with E-state index in [1.165, 1.54) is 0 Å². The molecule has 16 heavy (non-hydrogen) atoms. The Kier molecular flexibility index (Phi) is 4.73. The summed E-state index contributed by atoms with van der Waals surface area (Å²) in [6.45, 7) is 3.89. The summed E-state index contributed by atoms with van der Waals surface area (Å²) in [7, 11) is 0. The first-order valence-electron chi connectivity index (χ1n) is 5.36. The largest absolute Gasteiger partial charge is 0.508 e. The Bertz CT molecular complexity index is 341. The van der Waals surface area contributed by atoms with Gasteiger partial charge in [0.1, 0.15) is 5.75 Å². The second kappa shape index (κ2) is 5.84. The minimum absolute atomic E-state index is 0.0684. The van der Waals surface area contributed by atoms with Crippen LogP contribution in [0.5, 0.6) is 5.75 Å². The number of aliphatic hydroxyl groups excluding tert-OH is 2. The summed E-state index contributed by atoms with van der Waals surface area (Å²) in [4.78, 5) is 0. The number of aliphatic hydroxyl groups is 2. The van der Waals surface area contributed by atoms with Crippen molar-refractivity contribution in [1.29, 1.82) is 0 Å². The number of aromatic hydroxyl groups is 1. The second-order valence-electron chi connectivity index (χ2n) is 4.03. The quantitative estimate of drug-likeness (QED) is 0.595. The lowest BCUT2D eigenvalue weighted by molar-refractivity contribution is 0.0923. The van der Waals surface area contributed by atoms with E-state index in [9.17, 15) is 10.2 Å². The number of hydrogen-bond donors (Lipinski definition) is 4. The van der Waals surface area contributed by atoms with Crippen LogP contribution < -0.4 is 5.32 Å². The molecule has 0 aliphatic carbocycles. The van der Waals surface area contributed by atoms with E-state index in [-0.39, 0.29) is 18.4 Å². The molecule has 0 radical (unpaired) electrons. The van der Waals surface area contributed by atoms with E-state index < -0.39 is 6.10 Å². The van der Waals surface area contributed by atoms with Crippen LogP contribution in [0, 0.1) is 6.92 Å². The monoisotopic (exact) mass is 225 g/mol. The highest BCUT2D eigenvalue weighted by Gasteiger charge is 2.11. The van der Waals surface area contributed by atoms with Crippen LogP contribution in [-0.4, -0.2) is 34.6 Å². The zero-order valence-corrected chi connectivity index (χ0v) is 9.64. The Morgan fingerprint density at radius 3 is 2.69 bits per heavy atom. The first-order valence-corrected chi connectivity index (χ1v) is 5.36. The molecule has 0 aliphatic heterocycles. The number of phenolic OH excluding ortho intramolecular Hbond substituents is 1. The molecule has 90 valence electrons. The van der Waals surface area contributed by atoms with Gasteiger partial charge < -0.3 is 20.6 Å². The maximum atomic E-state index is 9.68. The molecule has 2 atom stereocenters. The third-order valence-electron chi connectivity index (χ3n) is 2.52. The lowest BCUT2D eigenvalue weighted by Crippen LogP contribution is -2.31. The van der Waals surface area contributed by atoms with Crippen molar-refractivity contribution >= 4 is 0 Å². The van der Waals surface area contributed by atoms with Crippen molar-refractivity contribution in [3.8, 4) is 5.75 Å². The van der Waals surface area contributed by atoms with Crippen LogP contribution >= 0.6 is 0 Å². The molecule has 4 nitrogen and oxygen atoms in total. The predicted octanol–water partition coefficient (Wildman–Crippen LogP) is 0.704. The summed E-state index contributed by atoms with van der Waals surface area (Å²) < 4.78 is 0. The fourth-order valence-electron chi connectivity index (χ4n) is 1.51. The molecule has 0 saturated heterocycles. The summed E-state index contributed by atoms with van der Waals surface area (Å²) >= 11 is 0. The third kappa shape index (κ3) is 3.48. The molecule has 0 saturated carbocycles. The smallest absolute Gasteiger partial charge is 0.120 e. The van der Waals surface area contributed by atoms with Crippen molar-refractivity contribution in [3.63, 3.8) is 0 Å². The first-order chi connectivity index (χ1) is 7.54. The Morgan fingerprint density at radius 2 is 2.06 bits per heavy atom. The molecule has 0 amide bonds. The van der Waals surface area contributed by atoms with Gasteiger partial charge in [0.25, 0.3) is 0 Å². The van der Waals surface area contributed by atoms with Crippen molar-refractivity contribution in [1.82, 2.24) is 5.32 Å². The molecular weight excluding hydrogens is 206 g/mol. The molecule has 2 unspecified atom stereocenters. The van der Waals surface area contributed by atoms with Crippen molar-refractivity contribution in [2.75, 3.05) is 13.2 Å². The normalized spacial score (nSPS) is 14.8. The number of rotatable bonds is 5. The van der Waals surface area contributed by atoms with E-state index >= 15 is 0 Å². The van der Waals surface area contributed by atoms with Gasteiger partial charge in [-0.2, -0.15) is 0 Å². The molecule has 0 aromatic heterocycles. The van der Waals surface area contributed by atoms with E-state index in [1.54, 1.807) is 6.07 Å². The number of hydrogen-bond acceptors (Lipinski definition) is 4. The summed E-state index contributed by atoms with van der Waals surface area (Å²) in [6, 6.07) is 5.33. The minimum atomic E-state index is -0.769. The first kappa shape index (κ1) is 13.0. The second-order valence-corrected chi connectivity index (χ2v) is 4.03. The SMILES string of the molecule is Cc1ccc(O)c(C(C)NCC(O)CO)c1. The lowest BCUT2D eigenvalue weighted by atomic mass is 10.0. The van der Waals surface area contributed by atoms with Crippen LogP contribution in [0.25, 0.3) is 0 Å². The van der Waals surface area contributed by atoms with Crippen LogP contribution in [0.3, 0.4) is 0 Å². The van der Waals surface area contributed by atoms with Gasteiger partial charge in [0, 0.05) is 18.2 Å². The van der Waals surface area contributed by atoms with Gasteiger partial charge in [0.2, 0.25) is 0 Å². The van der Waals surface area contributed by atoms with Gasteiger partial charge in [-0.25, -0.2) is 0 Å². The maximum Gasteiger partial charge on any atom is 0.120 e. The van der Waals surface area contributed by atoms with Gasteiger partial charge in [-0.05, 0) is 19.9 Å². The third-order valence-corrected chi connectivity index (χ3v) is 2.52. The number of aryl methyl sites for hydroxylation is 1. The van der Waals surface area contributed by atoms with E-state index in [2.05, 4.69) is 5.32 Å². The molecule has 4 heteroatoms. The van der Waals surface area contributed by atoms with Crippen LogP contribution in [0.2, 0.25) is 0 Å². The lowest BCUT2D eigenvalue weighted by Gasteiger charge is -2.17. The fraction of sp³-hybridized carbons (Fsp3) is 0.500. The van der Waals surface area contributed by atoms with Crippen molar-refractivity contribution < 1.29 is 15.3 Å². The van der Waals surface area contributed by atoms with Gasteiger partial charge in [-0.1, -0.05) is 17.7 Å². The van der Waals surface area contributed by atoms with Gasteiger partial charge >= 0.3 is 0 Å².